The molecule has 0 atom stereocenters. The average Bonchev–Trinajstić information content (AvgIpc) is 3.14. The van der Waals surface area contributed by atoms with Gasteiger partial charge in [0.25, 0.3) is 0 Å². The maximum Gasteiger partial charge on any atom is 0.243 e. The van der Waals surface area contributed by atoms with E-state index in [9.17, 15) is 8.42 Å². The van der Waals surface area contributed by atoms with Crippen LogP contribution in [0.4, 0.5) is 0 Å². The van der Waals surface area contributed by atoms with Crippen LogP contribution in [0.2, 0.25) is 0 Å². The number of benzene rings is 3. The smallest absolute Gasteiger partial charge is 0.243 e. The summed E-state index contributed by atoms with van der Waals surface area (Å²) in [6, 6.07) is 25.3. The fraction of sp³-hybridized carbons (Fsp3) is 0.182. The summed E-state index contributed by atoms with van der Waals surface area (Å²) < 4.78 is 27.7. The van der Waals surface area contributed by atoms with Crippen molar-refractivity contribution in [3.8, 4) is 0 Å². The second-order valence-electron chi connectivity index (χ2n) is 6.78. The van der Waals surface area contributed by atoms with E-state index < -0.39 is 10.0 Å². The molecule has 1 aliphatic heterocycles. The van der Waals surface area contributed by atoms with Gasteiger partial charge in [-0.2, -0.15) is 4.31 Å². The van der Waals surface area contributed by atoms with E-state index in [0.29, 0.717) is 24.5 Å². The quantitative estimate of drug-likeness (QED) is 0.712. The van der Waals surface area contributed by atoms with Crippen molar-refractivity contribution >= 4 is 10.0 Å². The van der Waals surface area contributed by atoms with E-state index in [1.807, 2.05) is 54.6 Å². The number of hydrogen-bond acceptors (Lipinski definition) is 3. The van der Waals surface area contributed by atoms with Gasteiger partial charge in [-0.1, -0.05) is 66.7 Å². The third-order valence-electron chi connectivity index (χ3n) is 4.85. The van der Waals surface area contributed by atoms with Crippen molar-refractivity contribution in [1.29, 1.82) is 0 Å². The van der Waals surface area contributed by atoms with Gasteiger partial charge in [0.2, 0.25) is 10.0 Å². The number of nitrogens with one attached hydrogen (secondary N) is 1. The zero-order valence-corrected chi connectivity index (χ0v) is 15.8. The lowest BCUT2D eigenvalue weighted by Gasteiger charge is -2.16. The summed E-state index contributed by atoms with van der Waals surface area (Å²) >= 11 is 0. The van der Waals surface area contributed by atoms with Crippen molar-refractivity contribution in [3.63, 3.8) is 0 Å². The van der Waals surface area contributed by atoms with Gasteiger partial charge in [0.1, 0.15) is 0 Å². The number of sulfonamides is 1. The molecule has 5 heteroatoms. The van der Waals surface area contributed by atoms with Crippen molar-refractivity contribution < 1.29 is 8.42 Å². The molecular weight excluding hydrogens is 356 g/mol. The molecule has 0 unspecified atom stereocenters. The minimum atomic E-state index is -3.50. The van der Waals surface area contributed by atoms with Crippen molar-refractivity contribution in [1.82, 2.24) is 9.62 Å². The summed E-state index contributed by atoms with van der Waals surface area (Å²) in [7, 11) is -3.50. The molecule has 4 rings (SSSR count). The van der Waals surface area contributed by atoms with E-state index in [4.69, 9.17) is 0 Å². The van der Waals surface area contributed by atoms with E-state index in [0.717, 1.165) is 23.2 Å². The Hall–Kier alpha value is -2.47. The Kier molecular flexibility index (Phi) is 5.07. The molecule has 0 amide bonds. The topological polar surface area (TPSA) is 49.4 Å². The van der Waals surface area contributed by atoms with E-state index in [1.165, 1.54) is 5.56 Å². The molecule has 0 saturated heterocycles. The van der Waals surface area contributed by atoms with Crippen LogP contribution in [-0.2, 0) is 36.2 Å². The van der Waals surface area contributed by atoms with E-state index >= 15 is 0 Å². The number of nitrogens with zero attached hydrogens (tertiary/aromatic N) is 1. The monoisotopic (exact) mass is 378 g/mol. The largest absolute Gasteiger partial charge is 0.309 e. The Labute approximate surface area is 160 Å². The Balaban J connectivity index is 1.45. The van der Waals surface area contributed by atoms with Gasteiger partial charge >= 0.3 is 0 Å². The second kappa shape index (κ2) is 7.64. The molecule has 1 heterocycles. The van der Waals surface area contributed by atoms with Crippen LogP contribution in [0.15, 0.2) is 83.8 Å². The molecule has 3 aromatic carbocycles. The second-order valence-corrected chi connectivity index (χ2v) is 8.72. The SMILES string of the molecule is O=S(=O)(c1cccc(CNCc2ccccc2)c1)N1Cc2ccccc2C1. The Morgan fingerprint density at radius 3 is 2.04 bits per heavy atom. The molecule has 0 saturated carbocycles. The summed E-state index contributed by atoms with van der Waals surface area (Å²) in [5.74, 6) is 0. The Morgan fingerprint density at radius 1 is 0.741 bits per heavy atom. The lowest BCUT2D eigenvalue weighted by molar-refractivity contribution is 0.431. The van der Waals surface area contributed by atoms with Gasteiger partial charge in [-0.25, -0.2) is 8.42 Å². The van der Waals surface area contributed by atoms with Crippen LogP contribution in [0, 0.1) is 0 Å². The lowest BCUT2D eigenvalue weighted by Crippen LogP contribution is -2.25. The Morgan fingerprint density at radius 2 is 1.33 bits per heavy atom. The molecule has 0 aliphatic carbocycles. The first-order chi connectivity index (χ1) is 13.1. The van der Waals surface area contributed by atoms with Gasteiger partial charge in [0.05, 0.1) is 4.90 Å². The average molecular weight is 378 g/mol. The lowest BCUT2D eigenvalue weighted by atomic mass is 10.1. The van der Waals surface area contributed by atoms with Crippen LogP contribution < -0.4 is 5.32 Å². The van der Waals surface area contributed by atoms with Crippen LogP contribution in [0.25, 0.3) is 0 Å². The predicted molar refractivity (Wildman–Crippen MR) is 106 cm³/mol. The van der Waals surface area contributed by atoms with E-state index in [2.05, 4.69) is 17.4 Å². The van der Waals surface area contributed by atoms with Gasteiger partial charge < -0.3 is 5.32 Å². The fourth-order valence-electron chi connectivity index (χ4n) is 3.38. The molecule has 0 bridgehead atoms. The molecule has 4 nitrogen and oxygen atoms in total. The number of fused-ring (bicyclic) bond motifs is 1. The normalized spacial score (nSPS) is 14.2. The minimum absolute atomic E-state index is 0.356. The highest BCUT2D eigenvalue weighted by Crippen LogP contribution is 2.28. The minimum Gasteiger partial charge on any atom is -0.309 e. The van der Waals surface area contributed by atoms with Crippen LogP contribution in [-0.4, -0.2) is 12.7 Å². The fourth-order valence-corrected chi connectivity index (χ4v) is 4.85. The third kappa shape index (κ3) is 3.95. The van der Waals surface area contributed by atoms with Crippen molar-refractivity contribution in [2.24, 2.45) is 0 Å². The van der Waals surface area contributed by atoms with Gasteiger partial charge in [-0.3, -0.25) is 0 Å². The molecule has 0 spiro atoms. The first-order valence-electron chi connectivity index (χ1n) is 9.03. The molecular formula is C22H22N2O2S. The van der Waals surface area contributed by atoms with Gasteiger partial charge in [0, 0.05) is 26.2 Å². The van der Waals surface area contributed by atoms with Crippen LogP contribution in [0.1, 0.15) is 22.3 Å². The zero-order chi connectivity index (χ0) is 18.7. The zero-order valence-electron chi connectivity index (χ0n) is 15.0. The first-order valence-corrected chi connectivity index (χ1v) is 10.5. The van der Waals surface area contributed by atoms with Crippen molar-refractivity contribution in [2.45, 2.75) is 31.1 Å². The van der Waals surface area contributed by atoms with Crippen molar-refractivity contribution in [2.75, 3.05) is 0 Å². The van der Waals surface area contributed by atoms with Crippen LogP contribution in [0.5, 0.6) is 0 Å². The highest BCUT2D eigenvalue weighted by atomic mass is 32.2. The molecule has 0 fully saturated rings. The predicted octanol–water partition coefficient (Wildman–Crippen LogP) is 3.68. The third-order valence-corrected chi connectivity index (χ3v) is 6.64. The standard InChI is InChI=1S/C22H22N2O2S/c25-27(26,24-16-20-10-4-5-11-21(20)17-24)22-12-6-9-19(13-22)15-23-14-18-7-2-1-3-8-18/h1-13,23H,14-17H2. The summed E-state index contributed by atoms with van der Waals surface area (Å²) in [4.78, 5) is 0.356. The van der Waals surface area contributed by atoms with E-state index in [1.54, 1.807) is 16.4 Å². The molecule has 1 N–H and O–H groups in total. The van der Waals surface area contributed by atoms with E-state index in [-0.39, 0.29) is 0 Å². The van der Waals surface area contributed by atoms with Gasteiger partial charge in [-0.05, 0) is 34.4 Å². The summed E-state index contributed by atoms with van der Waals surface area (Å²) in [6.45, 7) is 2.25. The van der Waals surface area contributed by atoms with Crippen molar-refractivity contribution in [3.05, 3.63) is 101 Å². The van der Waals surface area contributed by atoms with Crippen LogP contribution in [0.3, 0.4) is 0 Å². The molecule has 3 aromatic rings. The molecule has 0 aromatic heterocycles. The van der Waals surface area contributed by atoms with Gasteiger partial charge in [0.15, 0.2) is 0 Å². The highest BCUT2D eigenvalue weighted by molar-refractivity contribution is 7.89. The number of hydrogen-bond donors (Lipinski definition) is 1. The maximum atomic E-state index is 13.1. The summed E-state index contributed by atoms with van der Waals surface area (Å²) in [5.41, 5.74) is 4.34. The van der Waals surface area contributed by atoms with Gasteiger partial charge in [-0.15, -0.1) is 0 Å². The van der Waals surface area contributed by atoms with Crippen LogP contribution >= 0.6 is 0 Å². The summed E-state index contributed by atoms with van der Waals surface area (Å²) in [5, 5.41) is 3.37. The first kappa shape index (κ1) is 17.9. The molecule has 27 heavy (non-hydrogen) atoms. The Bertz CT molecular complexity index is 1010. The maximum absolute atomic E-state index is 13.1. The number of rotatable bonds is 6. The molecule has 0 radical (unpaired) electrons. The summed E-state index contributed by atoms with van der Waals surface area (Å²) in [6.07, 6.45) is 0. The molecule has 1 aliphatic rings. The molecule has 138 valence electrons. The highest BCUT2D eigenvalue weighted by Gasteiger charge is 2.30.